The van der Waals surface area contributed by atoms with Crippen LogP contribution in [0, 0.1) is 12.8 Å². The zero-order valence-corrected chi connectivity index (χ0v) is 12.7. The third kappa shape index (κ3) is 2.99. The fourth-order valence-electron chi connectivity index (χ4n) is 3.50. The average molecular weight is 303 g/mol. The first-order valence-electron chi connectivity index (χ1n) is 7.72. The molecule has 2 fully saturated rings. The van der Waals surface area contributed by atoms with Crippen LogP contribution in [0.2, 0.25) is 0 Å². The summed E-state index contributed by atoms with van der Waals surface area (Å²) in [5.74, 6) is -1.12. The van der Waals surface area contributed by atoms with Gasteiger partial charge in [0.05, 0.1) is 11.5 Å². The molecule has 0 bridgehead atoms. The number of carbonyl (C=O) groups is 2. The number of carbonyl (C=O) groups excluding carboxylic acids is 1. The maximum absolute atomic E-state index is 12.3. The van der Waals surface area contributed by atoms with Gasteiger partial charge in [0, 0.05) is 18.2 Å². The van der Waals surface area contributed by atoms with E-state index in [2.05, 4.69) is 5.32 Å². The minimum absolute atomic E-state index is 0.0523. The summed E-state index contributed by atoms with van der Waals surface area (Å²) in [7, 11) is 0. The second-order valence-corrected chi connectivity index (χ2v) is 6.51. The highest BCUT2D eigenvalue weighted by Gasteiger charge is 2.51. The number of nitrogens with one attached hydrogen (secondary N) is 1. The van der Waals surface area contributed by atoms with Gasteiger partial charge in [0.25, 0.3) is 5.91 Å². The van der Waals surface area contributed by atoms with Crippen LogP contribution in [0.4, 0.5) is 0 Å². The van der Waals surface area contributed by atoms with Gasteiger partial charge in [-0.2, -0.15) is 0 Å². The Morgan fingerprint density at radius 1 is 1.32 bits per heavy atom. The molecule has 1 amide bonds. The quantitative estimate of drug-likeness (QED) is 0.897. The number of benzene rings is 1. The van der Waals surface area contributed by atoms with Crippen LogP contribution >= 0.6 is 0 Å². The van der Waals surface area contributed by atoms with E-state index in [4.69, 9.17) is 9.84 Å². The molecular weight excluding hydrogens is 282 g/mol. The monoisotopic (exact) mass is 303 g/mol. The smallest absolute Gasteiger partial charge is 0.306 e. The molecule has 1 aromatic carbocycles. The van der Waals surface area contributed by atoms with Crippen molar-refractivity contribution in [3.8, 4) is 0 Å². The molecule has 118 valence electrons. The van der Waals surface area contributed by atoms with E-state index < -0.39 is 5.97 Å². The molecule has 1 heterocycles. The number of aryl methyl sites for hydroxylation is 1. The van der Waals surface area contributed by atoms with Gasteiger partial charge in [-0.3, -0.25) is 9.59 Å². The van der Waals surface area contributed by atoms with E-state index in [1.165, 1.54) is 0 Å². The van der Waals surface area contributed by atoms with Crippen molar-refractivity contribution in [2.24, 2.45) is 5.92 Å². The lowest BCUT2D eigenvalue weighted by molar-refractivity contribution is -0.181. The summed E-state index contributed by atoms with van der Waals surface area (Å²) in [5, 5.41) is 12.1. The number of aliphatic carboxylic acids is 1. The van der Waals surface area contributed by atoms with Crippen molar-refractivity contribution in [1.82, 2.24) is 5.32 Å². The zero-order chi connectivity index (χ0) is 15.7. The molecule has 3 rings (SSSR count). The molecule has 5 nitrogen and oxygen atoms in total. The fourth-order valence-corrected chi connectivity index (χ4v) is 3.50. The van der Waals surface area contributed by atoms with Crippen LogP contribution in [0.25, 0.3) is 0 Å². The van der Waals surface area contributed by atoms with Gasteiger partial charge in [0.15, 0.2) is 0 Å². The summed E-state index contributed by atoms with van der Waals surface area (Å²) >= 11 is 0. The van der Waals surface area contributed by atoms with E-state index in [0.29, 0.717) is 31.4 Å². The Bertz CT molecular complexity index is 592. The first-order valence-corrected chi connectivity index (χ1v) is 7.72. The molecule has 1 aromatic rings. The molecule has 1 atom stereocenters. The van der Waals surface area contributed by atoms with Gasteiger partial charge in [-0.25, -0.2) is 0 Å². The van der Waals surface area contributed by atoms with Crippen molar-refractivity contribution in [2.75, 3.05) is 6.61 Å². The van der Waals surface area contributed by atoms with Crippen LogP contribution < -0.4 is 5.32 Å². The van der Waals surface area contributed by atoms with Gasteiger partial charge in [-0.1, -0.05) is 17.7 Å². The van der Waals surface area contributed by atoms with Crippen molar-refractivity contribution in [1.29, 1.82) is 0 Å². The Balaban J connectivity index is 1.59. The summed E-state index contributed by atoms with van der Waals surface area (Å²) in [6.45, 7) is 2.53. The highest BCUT2D eigenvalue weighted by Crippen LogP contribution is 2.46. The lowest BCUT2D eigenvalue weighted by Gasteiger charge is -2.50. The van der Waals surface area contributed by atoms with Crippen LogP contribution in [0.1, 0.15) is 41.6 Å². The molecule has 1 spiro atoms. The van der Waals surface area contributed by atoms with Crippen LogP contribution in [-0.2, 0) is 9.53 Å². The molecular formula is C17H21NO4. The van der Waals surface area contributed by atoms with E-state index in [9.17, 15) is 9.59 Å². The summed E-state index contributed by atoms with van der Waals surface area (Å²) in [4.78, 5) is 23.3. The second kappa shape index (κ2) is 5.72. The van der Waals surface area contributed by atoms with Crippen LogP contribution in [0.3, 0.4) is 0 Å². The number of rotatable bonds is 3. The van der Waals surface area contributed by atoms with Crippen LogP contribution in [-0.4, -0.2) is 35.2 Å². The van der Waals surface area contributed by atoms with Gasteiger partial charge in [-0.05, 0) is 44.7 Å². The van der Waals surface area contributed by atoms with Crippen molar-refractivity contribution < 1.29 is 19.4 Å². The zero-order valence-electron chi connectivity index (χ0n) is 12.7. The molecule has 0 radical (unpaired) electrons. The predicted octanol–water partition coefficient (Wildman–Crippen LogP) is 2.14. The molecule has 1 saturated carbocycles. The maximum atomic E-state index is 12.3. The minimum atomic E-state index is -0.750. The molecule has 1 aliphatic carbocycles. The van der Waals surface area contributed by atoms with E-state index in [1.54, 1.807) is 6.07 Å². The van der Waals surface area contributed by atoms with Crippen molar-refractivity contribution in [3.63, 3.8) is 0 Å². The number of ether oxygens (including phenoxy) is 1. The lowest BCUT2D eigenvalue weighted by atomic mass is 9.66. The van der Waals surface area contributed by atoms with Gasteiger partial charge in [-0.15, -0.1) is 0 Å². The lowest BCUT2D eigenvalue weighted by Crippen LogP contribution is -2.56. The maximum Gasteiger partial charge on any atom is 0.306 e. The Kier molecular flexibility index (Phi) is 3.91. The largest absolute Gasteiger partial charge is 0.481 e. The topological polar surface area (TPSA) is 75.6 Å². The summed E-state index contributed by atoms with van der Waals surface area (Å²) in [6.07, 6.45) is 2.59. The molecule has 2 aliphatic rings. The first kappa shape index (κ1) is 15.0. The second-order valence-electron chi connectivity index (χ2n) is 6.51. The minimum Gasteiger partial charge on any atom is -0.481 e. The number of hydrogen-bond acceptors (Lipinski definition) is 3. The summed E-state index contributed by atoms with van der Waals surface area (Å²) in [6, 6.07) is 7.56. The van der Waals surface area contributed by atoms with Crippen LogP contribution in [0.5, 0.6) is 0 Å². The number of hydrogen-bond donors (Lipinski definition) is 2. The third-order valence-corrected chi connectivity index (χ3v) is 4.69. The SMILES string of the molecule is Cc1cccc(C(=O)NC2CCOC3(C2)CC(C(=O)O)C3)c1. The van der Waals surface area contributed by atoms with E-state index in [1.807, 2.05) is 25.1 Å². The number of amides is 1. The van der Waals surface area contributed by atoms with E-state index >= 15 is 0 Å². The van der Waals surface area contributed by atoms with Gasteiger partial charge in [0.1, 0.15) is 0 Å². The normalized spacial score (nSPS) is 30.6. The molecule has 1 aliphatic heterocycles. The van der Waals surface area contributed by atoms with Crippen molar-refractivity contribution >= 4 is 11.9 Å². The molecule has 22 heavy (non-hydrogen) atoms. The van der Waals surface area contributed by atoms with Gasteiger partial charge in [0.2, 0.25) is 0 Å². The standard InChI is InChI=1S/C17H21NO4/c1-11-3-2-4-12(7-11)15(19)18-14-5-6-22-17(10-14)8-13(9-17)16(20)21/h2-4,7,13-14H,5-6,8-10H2,1H3,(H,18,19)(H,20,21). The van der Waals surface area contributed by atoms with Crippen LogP contribution in [0.15, 0.2) is 24.3 Å². The molecule has 2 N–H and O–H groups in total. The Morgan fingerprint density at radius 3 is 2.77 bits per heavy atom. The van der Waals surface area contributed by atoms with Gasteiger partial charge < -0.3 is 15.2 Å². The Hall–Kier alpha value is -1.88. The Labute approximate surface area is 129 Å². The number of carboxylic acid groups (broad SMARTS) is 1. The van der Waals surface area contributed by atoms with E-state index in [-0.39, 0.29) is 23.5 Å². The molecule has 1 saturated heterocycles. The Morgan fingerprint density at radius 2 is 2.09 bits per heavy atom. The van der Waals surface area contributed by atoms with Gasteiger partial charge >= 0.3 is 5.97 Å². The average Bonchev–Trinajstić information content (AvgIpc) is 2.44. The van der Waals surface area contributed by atoms with Crippen molar-refractivity contribution in [3.05, 3.63) is 35.4 Å². The van der Waals surface area contributed by atoms with Crippen molar-refractivity contribution in [2.45, 2.75) is 44.2 Å². The predicted molar refractivity (Wildman–Crippen MR) is 80.7 cm³/mol. The molecule has 0 aromatic heterocycles. The fraction of sp³-hybridized carbons (Fsp3) is 0.529. The number of carboxylic acids is 1. The van der Waals surface area contributed by atoms with E-state index in [0.717, 1.165) is 12.0 Å². The summed E-state index contributed by atoms with van der Waals surface area (Å²) in [5.41, 5.74) is 1.38. The molecule has 1 unspecified atom stereocenters. The third-order valence-electron chi connectivity index (χ3n) is 4.69. The highest BCUT2D eigenvalue weighted by atomic mass is 16.5. The highest BCUT2D eigenvalue weighted by molar-refractivity contribution is 5.94. The summed E-state index contributed by atoms with van der Waals surface area (Å²) < 4.78 is 5.80. The molecule has 5 heteroatoms. The first-order chi connectivity index (χ1) is 10.5.